The molecule has 1 unspecified atom stereocenters. The van der Waals surface area contributed by atoms with Crippen LogP contribution in [0.1, 0.15) is 36.7 Å². The lowest BCUT2D eigenvalue weighted by atomic mass is 10.1. The van der Waals surface area contributed by atoms with E-state index in [1.54, 1.807) is 30.5 Å². The highest BCUT2D eigenvalue weighted by Gasteiger charge is 2.18. The molecule has 0 radical (unpaired) electrons. The number of carboxylic acids is 1. The molecule has 0 saturated heterocycles. The van der Waals surface area contributed by atoms with Crippen LogP contribution >= 0.6 is 12.6 Å². The number of aliphatic imine (C=N–C) groups is 1. The molecule has 2 N–H and O–H groups in total. The molecule has 21 heavy (non-hydrogen) atoms. The lowest BCUT2D eigenvalue weighted by molar-refractivity contribution is -0.138. The molecule has 1 rings (SSSR count). The van der Waals surface area contributed by atoms with Crippen molar-refractivity contribution < 1.29 is 14.7 Å². The average molecular weight is 308 g/mol. The van der Waals surface area contributed by atoms with Gasteiger partial charge in [0.2, 0.25) is 0 Å². The Kier molecular flexibility index (Phi) is 5.96. The molecular weight excluding hydrogens is 288 g/mol. The van der Waals surface area contributed by atoms with Crippen LogP contribution in [0.15, 0.2) is 29.3 Å². The molecule has 0 aliphatic rings. The van der Waals surface area contributed by atoms with Gasteiger partial charge >= 0.3 is 5.97 Å². The third-order valence-corrected chi connectivity index (χ3v) is 2.92. The van der Waals surface area contributed by atoms with E-state index in [1.165, 1.54) is 0 Å². The Bertz CT molecular complexity index is 533. The normalized spacial score (nSPS) is 13.1. The van der Waals surface area contributed by atoms with Gasteiger partial charge in [-0.2, -0.15) is 12.6 Å². The Morgan fingerprint density at radius 2 is 1.90 bits per heavy atom. The second-order valence-electron chi connectivity index (χ2n) is 5.60. The molecule has 0 saturated carbocycles. The molecule has 0 fully saturated rings. The number of benzene rings is 1. The smallest absolute Gasteiger partial charge is 0.327 e. The highest BCUT2D eigenvalue weighted by atomic mass is 32.1. The predicted octanol–water partition coefficient (Wildman–Crippen LogP) is 2.02. The number of nitrogens with zero attached hydrogens (tertiary/aromatic N) is 1. The number of nitrogens with one attached hydrogen (secondary N) is 1. The number of carboxylic acid groups (broad SMARTS) is 1. The molecule has 1 aromatic carbocycles. The Morgan fingerprint density at radius 3 is 2.33 bits per heavy atom. The van der Waals surface area contributed by atoms with Gasteiger partial charge in [0.1, 0.15) is 6.04 Å². The molecule has 0 heterocycles. The van der Waals surface area contributed by atoms with Crippen molar-refractivity contribution in [2.45, 2.75) is 32.4 Å². The summed E-state index contributed by atoms with van der Waals surface area (Å²) >= 11 is 3.90. The van der Waals surface area contributed by atoms with E-state index in [0.717, 1.165) is 5.56 Å². The average Bonchev–Trinajstić information content (AvgIpc) is 2.41. The third-order valence-electron chi connectivity index (χ3n) is 2.56. The number of amides is 1. The number of carbonyl (C=O) groups is 2. The number of thiol groups is 1. The predicted molar refractivity (Wildman–Crippen MR) is 86.5 cm³/mol. The summed E-state index contributed by atoms with van der Waals surface area (Å²) in [6, 6.07) is 5.80. The lowest BCUT2D eigenvalue weighted by Gasteiger charge is -2.12. The minimum absolute atomic E-state index is 0.0391. The van der Waals surface area contributed by atoms with Crippen molar-refractivity contribution >= 4 is 30.7 Å². The van der Waals surface area contributed by atoms with E-state index in [1.807, 2.05) is 20.8 Å². The minimum Gasteiger partial charge on any atom is -0.480 e. The van der Waals surface area contributed by atoms with E-state index < -0.39 is 17.9 Å². The van der Waals surface area contributed by atoms with Gasteiger partial charge in [0.25, 0.3) is 5.91 Å². The highest BCUT2D eigenvalue weighted by Crippen LogP contribution is 2.08. The molecule has 5 nitrogen and oxygen atoms in total. The molecule has 1 atom stereocenters. The second-order valence-corrected chi connectivity index (χ2v) is 5.96. The molecule has 0 aromatic heterocycles. The topological polar surface area (TPSA) is 78.8 Å². The SMILES string of the molecule is CC(C)(C)/N=C\c1ccc(C(=O)NC(CS)C(=O)O)cc1. The summed E-state index contributed by atoms with van der Waals surface area (Å²) in [4.78, 5) is 27.1. The van der Waals surface area contributed by atoms with E-state index in [2.05, 4.69) is 22.9 Å². The Labute approximate surface area is 129 Å². The molecule has 114 valence electrons. The zero-order chi connectivity index (χ0) is 16.0. The molecule has 0 bridgehead atoms. The molecule has 1 amide bonds. The van der Waals surface area contributed by atoms with Crippen LogP contribution in [0.2, 0.25) is 0 Å². The van der Waals surface area contributed by atoms with Crippen LogP contribution in [0, 0.1) is 0 Å². The fourth-order valence-corrected chi connectivity index (χ4v) is 1.66. The van der Waals surface area contributed by atoms with Crippen molar-refractivity contribution in [2.75, 3.05) is 5.75 Å². The van der Waals surface area contributed by atoms with Gasteiger partial charge < -0.3 is 10.4 Å². The monoisotopic (exact) mass is 308 g/mol. The summed E-state index contributed by atoms with van der Waals surface area (Å²) in [6.45, 7) is 5.98. The first-order valence-corrected chi connectivity index (χ1v) is 7.16. The van der Waals surface area contributed by atoms with Gasteiger partial charge in [0.05, 0.1) is 5.54 Å². The molecule has 0 spiro atoms. The van der Waals surface area contributed by atoms with Crippen molar-refractivity contribution in [3.05, 3.63) is 35.4 Å². The summed E-state index contributed by atoms with van der Waals surface area (Å²) in [6.07, 6.45) is 1.75. The number of hydrogen-bond donors (Lipinski definition) is 3. The first-order chi connectivity index (χ1) is 9.73. The van der Waals surface area contributed by atoms with Crippen molar-refractivity contribution in [3.63, 3.8) is 0 Å². The lowest BCUT2D eigenvalue weighted by Crippen LogP contribution is -2.42. The van der Waals surface area contributed by atoms with Crippen molar-refractivity contribution in [1.29, 1.82) is 0 Å². The third kappa shape index (κ3) is 5.99. The number of aliphatic carboxylic acids is 1. The maximum Gasteiger partial charge on any atom is 0.327 e. The summed E-state index contributed by atoms with van der Waals surface area (Å²) in [5.41, 5.74) is 1.12. The summed E-state index contributed by atoms with van der Waals surface area (Å²) < 4.78 is 0. The van der Waals surface area contributed by atoms with Crippen LogP contribution in [0.4, 0.5) is 0 Å². The first kappa shape index (κ1) is 17.2. The fraction of sp³-hybridized carbons (Fsp3) is 0.400. The van der Waals surface area contributed by atoms with Gasteiger partial charge in [0, 0.05) is 17.5 Å². The zero-order valence-electron chi connectivity index (χ0n) is 12.3. The van der Waals surface area contributed by atoms with E-state index in [-0.39, 0.29) is 11.3 Å². The summed E-state index contributed by atoms with van der Waals surface area (Å²) in [5, 5.41) is 11.3. The van der Waals surface area contributed by atoms with Crippen LogP contribution in [0.3, 0.4) is 0 Å². The Balaban J connectivity index is 2.76. The van der Waals surface area contributed by atoms with Gasteiger partial charge in [0.15, 0.2) is 0 Å². The minimum atomic E-state index is -1.10. The van der Waals surface area contributed by atoms with Crippen LogP contribution in [-0.4, -0.2) is 40.5 Å². The standard InChI is InChI=1S/C15H20N2O3S/c1-15(2,3)16-8-10-4-6-11(7-5-10)13(18)17-12(9-21)14(19)20/h4-8,12,21H,9H2,1-3H3,(H,17,18)(H,19,20)/b16-8-. The largest absolute Gasteiger partial charge is 0.480 e. The van der Waals surface area contributed by atoms with Gasteiger partial charge in [-0.15, -0.1) is 0 Å². The highest BCUT2D eigenvalue weighted by molar-refractivity contribution is 7.80. The van der Waals surface area contributed by atoms with Gasteiger partial charge in [-0.3, -0.25) is 9.79 Å². The van der Waals surface area contributed by atoms with Gasteiger partial charge in [-0.05, 0) is 38.5 Å². The van der Waals surface area contributed by atoms with E-state index in [0.29, 0.717) is 5.56 Å². The maximum atomic E-state index is 11.9. The Hall–Kier alpha value is -1.82. The van der Waals surface area contributed by atoms with E-state index in [4.69, 9.17) is 5.11 Å². The number of hydrogen-bond acceptors (Lipinski definition) is 4. The maximum absolute atomic E-state index is 11.9. The number of rotatable bonds is 5. The molecule has 0 aliphatic carbocycles. The van der Waals surface area contributed by atoms with Crippen LogP contribution < -0.4 is 5.32 Å². The fourth-order valence-electron chi connectivity index (χ4n) is 1.42. The summed E-state index contributed by atoms with van der Waals surface area (Å²) in [7, 11) is 0. The quantitative estimate of drug-likeness (QED) is 0.575. The van der Waals surface area contributed by atoms with Crippen LogP contribution in [0.25, 0.3) is 0 Å². The van der Waals surface area contributed by atoms with Crippen molar-refractivity contribution in [2.24, 2.45) is 4.99 Å². The van der Waals surface area contributed by atoms with E-state index in [9.17, 15) is 9.59 Å². The van der Waals surface area contributed by atoms with Crippen LogP contribution in [-0.2, 0) is 4.79 Å². The molecule has 0 aliphatic heterocycles. The van der Waals surface area contributed by atoms with Crippen molar-refractivity contribution in [3.8, 4) is 0 Å². The van der Waals surface area contributed by atoms with Gasteiger partial charge in [-0.1, -0.05) is 12.1 Å². The summed E-state index contributed by atoms with van der Waals surface area (Å²) in [5.74, 6) is -1.50. The van der Waals surface area contributed by atoms with Gasteiger partial charge in [-0.25, -0.2) is 4.79 Å². The number of carbonyl (C=O) groups excluding carboxylic acids is 1. The Morgan fingerprint density at radius 1 is 1.33 bits per heavy atom. The zero-order valence-corrected chi connectivity index (χ0v) is 13.2. The van der Waals surface area contributed by atoms with Crippen molar-refractivity contribution in [1.82, 2.24) is 5.32 Å². The molecule has 6 heteroatoms. The first-order valence-electron chi connectivity index (χ1n) is 6.53. The van der Waals surface area contributed by atoms with Crippen LogP contribution in [0.5, 0.6) is 0 Å². The second kappa shape index (κ2) is 7.26. The molecule has 1 aromatic rings. The molecular formula is C15H20N2O3S. The van der Waals surface area contributed by atoms with E-state index >= 15 is 0 Å².